The van der Waals surface area contributed by atoms with Gasteiger partial charge in [0.15, 0.2) is 0 Å². The summed E-state index contributed by atoms with van der Waals surface area (Å²) in [5.41, 5.74) is 3.76. The number of carbonyl (C=O) groups excluding carboxylic acids is 2. The maximum Gasteiger partial charge on any atom is 0.244 e. The molecule has 40 heavy (non-hydrogen) atoms. The van der Waals surface area contributed by atoms with Crippen molar-refractivity contribution in [1.29, 1.82) is 0 Å². The van der Waals surface area contributed by atoms with E-state index >= 15 is 0 Å². The van der Waals surface area contributed by atoms with Crippen LogP contribution in [0.1, 0.15) is 42.0 Å². The van der Waals surface area contributed by atoms with Crippen molar-refractivity contribution in [3.63, 3.8) is 0 Å². The molecule has 214 valence electrons. The minimum absolute atomic E-state index is 0.0859. The molecule has 0 aliphatic rings. The van der Waals surface area contributed by atoms with Gasteiger partial charge in [-0.1, -0.05) is 85.1 Å². The van der Waals surface area contributed by atoms with E-state index in [1.54, 1.807) is 24.3 Å². The number of halogens is 1. The average Bonchev–Trinajstić information content (AvgIpc) is 2.89. The fourth-order valence-corrected chi connectivity index (χ4v) is 5.69. The summed E-state index contributed by atoms with van der Waals surface area (Å²) in [6.45, 7) is 5.89. The van der Waals surface area contributed by atoms with E-state index in [1.165, 1.54) is 4.90 Å². The zero-order valence-corrected chi connectivity index (χ0v) is 25.1. The third-order valence-corrected chi connectivity index (χ3v) is 8.00. The number of benzene rings is 3. The molecule has 0 bridgehead atoms. The van der Waals surface area contributed by atoms with Crippen LogP contribution in [0.4, 0.5) is 5.69 Å². The Bertz CT molecular complexity index is 1410. The molecular weight excluding hydrogens is 546 g/mol. The number of unbranched alkanes of at least 4 members (excludes halogenated alkanes) is 1. The van der Waals surface area contributed by atoms with Gasteiger partial charge in [0.05, 0.1) is 11.9 Å². The Kier molecular flexibility index (Phi) is 11.2. The molecular formula is C31H38ClN3O4S. The van der Waals surface area contributed by atoms with Gasteiger partial charge in [-0.25, -0.2) is 8.42 Å². The SMILES string of the molecule is CCCCNC(=O)[C@@H](Cc1ccccc1)N(Cc1cccc(Cl)c1)C(=O)CN(c1ccc(C)cc1C)S(C)(=O)=O. The lowest BCUT2D eigenvalue weighted by atomic mass is 10.0. The summed E-state index contributed by atoms with van der Waals surface area (Å²) in [6, 6.07) is 21.1. The lowest BCUT2D eigenvalue weighted by Crippen LogP contribution is -2.53. The molecule has 0 spiro atoms. The lowest BCUT2D eigenvalue weighted by Gasteiger charge is -2.34. The van der Waals surface area contributed by atoms with Gasteiger partial charge < -0.3 is 10.2 Å². The smallest absolute Gasteiger partial charge is 0.244 e. The van der Waals surface area contributed by atoms with Gasteiger partial charge in [-0.2, -0.15) is 0 Å². The Balaban J connectivity index is 2.05. The van der Waals surface area contributed by atoms with Gasteiger partial charge in [-0.05, 0) is 55.2 Å². The molecule has 3 rings (SSSR count). The van der Waals surface area contributed by atoms with Crippen LogP contribution in [0.2, 0.25) is 5.02 Å². The molecule has 0 aliphatic carbocycles. The predicted molar refractivity (Wildman–Crippen MR) is 162 cm³/mol. The predicted octanol–water partition coefficient (Wildman–Crippen LogP) is 5.28. The van der Waals surface area contributed by atoms with Crippen LogP contribution in [-0.2, 0) is 32.6 Å². The van der Waals surface area contributed by atoms with Gasteiger partial charge >= 0.3 is 0 Å². The molecule has 0 radical (unpaired) electrons. The number of rotatable bonds is 13. The molecule has 1 N–H and O–H groups in total. The van der Waals surface area contributed by atoms with Crippen molar-refractivity contribution in [2.75, 3.05) is 23.7 Å². The quantitative estimate of drug-likeness (QED) is 0.277. The van der Waals surface area contributed by atoms with Crippen LogP contribution in [0, 0.1) is 13.8 Å². The summed E-state index contributed by atoms with van der Waals surface area (Å²) in [4.78, 5) is 29.2. The van der Waals surface area contributed by atoms with Gasteiger partial charge in [0.2, 0.25) is 21.8 Å². The molecule has 0 heterocycles. The molecule has 0 aromatic heterocycles. The van der Waals surface area contributed by atoms with E-state index in [9.17, 15) is 18.0 Å². The largest absolute Gasteiger partial charge is 0.354 e. The first-order valence-electron chi connectivity index (χ1n) is 13.4. The van der Waals surface area contributed by atoms with Crippen LogP contribution < -0.4 is 9.62 Å². The number of aryl methyl sites for hydroxylation is 2. The van der Waals surface area contributed by atoms with Gasteiger partial charge in [-0.3, -0.25) is 13.9 Å². The van der Waals surface area contributed by atoms with Crippen LogP contribution in [0.3, 0.4) is 0 Å². The molecule has 7 nitrogen and oxygen atoms in total. The number of hydrogen-bond donors (Lipinski definition) is 1. The standard InChI is InChI=1S/C31H38ClN3O4S/c1-5-6-17-33-31(37)29(20-25-11-8-7-9-12-25)34(21-26-13-10-14-27(32)19-26)30(36)22-35(40(4,38)39)28-16-15-23(2)18-24(28)3/h7-16,18-19,29H,5-6,17,20-22H2,1-4H3,(H,33,37)/t29-/m1/s1. The third kappa shape index (κ3) is 8.83. The molecule has 0 unspecified atom stereocenters. The summed E-state index contributed by atoms with van der Waals surface area (Å²) >= 11 is 6.25. The van der Waals surface area contributed by atoms with Crippen molar-refractivity contribution in [3.8, 4) is 0 Å². The van der Waals surface area contributed by atoms with Crippen LogP contribution in [-0.4, -0.2) is 50.5 Å². The van der Waals surface area contributed by atoms with E-state index in [2.05, 4.69) is 5.32 Å². The number of nitrogens with one attached hydrogen (secondary N) is 1. The second-order valence-corrected chi connectivity index (χ2v) is 12.4. The van der Waals surface area contributed by atoms with E-state index in [0.717, 1.165) is 45.7 Å². The van der Waals surface area contributed by atoms with Crippen LogP contribution >= 0.6 is 11.6 Å². The van der Waals surface area contributed by atoms with Crippen LogP contribution in [0.25, 0.3) is 0 Å². The van der Waals surface area contributed by atoms with E-state index in [-0.39, 0.29) is 18.9 Å². The second-order valence-electron chi connectivity index (χ2n) is 10.1. The molecule has 3 aromatic rings. The first-order chi connectivity index (χ1) is 19.0. The third-order valence-electron chi connectivity index (χ3n) is 6.64. The summed E-state index contributed by atoms with van der Waals surface area (Å²) in [6.07, 6.45) is 3.07. The number of sulfonamides is 1. The van der Waals surface area contributed by atoms with E-state index in [4.69, 9.17) is 11.6 Å². The summed E-state index contributed by atoms with van der Waals surface area (Å²) in [5.74, 6) is -0.776. The Hall–Kier alpha value is -3.36. The van der Waals surface area contributed by atoms with Crippen LogP contribution in [0.15, 0.2) is 72.8 Å². The lowest BCUT2D eigenvalue weighted by molar-refractivity contribution is -0.140. The van der Waals surface area contributed by atoms with Gasteiger partial charge in [-0.15, -0.1) is 0 Å². The molecule has 9 heteroatoms. The number of anilines is 1. The molecule has 0 fully saturated rings. The summed E-state index contributed by atoms with van der Waals surface area (Å²) in [7, 11) is -3.82. The zero-order chi connectivity index (χ0) is 29.3. The van der Waals surface area contributed by atoms with Gasteiger partial charge in [0, 0.05) is 24.5 Å². The maximum absolute atomic E-state index is 14.1. The Morgan fingerprint density at radius 2 is 1.65 bits per heavy atom. The molecule has 0 aliphatic heterocycles. The summed E-state index contributed by atoms with van der Waals surface area (Å²) in [5, 5.41) is 3.48. The van der Waals surface area contributed by atoms with E-state index in [0.29, 0.717) is 17.3 Å². The highest BCUT2D eigenvalue weighted by atomic mass is 35.5. The second kappa shape index (κ2) is 14.3. The minimum atomic E-state index is -3.82. The minimum Gasteiger partial charge on any atom is -0.354 e. The van der Waals surface area contributed by atoms with Crippen LogP contribution in [0.5, 0.6) is 0 Å². The molecule has 3 aromatic carbocycles. The fourth-order valence-electron chi connectivity index (χ4n) is 4.57. The maximum atomic E-state index is 14.1. The van der Waals surface area contributed by atoms with Crippen molar-refractivity contribution < 1.29 is 18.0 Å². The first-order valence-corrected chi connectivity index (χ1v) is 15.6. The number of amides is 2. The number of carbonyl (C=O) groups is 2. The van der Waals surface area contributed by atoms with Gasteiger partial charge in [0.25, 0.3) is 0 Å². The number of hydrogen-bond acceptors (Lipinski definition) is 4. The van der Waals surface area contributed by atoms with Crippen molar-refractivity contribution in [2.45, 2.75) is 52.6 Å². The van der Waals surface area contributed by atoms with E-state index in [1.807, 2.05) is 69.3 Å². The summed E-state index contributed by atoms with van der Waals surface area (Å²) < 4.78 is 27.0. The van der Waals surface area contributed by atoms with Crippen molar-refractivity contribution in [2.24, 2.45) is 0 Å². The molecule has 2 amide bonds. The Morgan fingerprint density at radius 1 is 0.950 bits per heavy atom. The van der Waals surface area contributed by atoms with Crippen molar-refractivity contribution in [1.82, 2.24) is 10.2 Å². The molecule has 0 saturated heterocycles. The Labute approximate surface area is 243 Å². The van der Waals surface area contributed by atoms with E-state index < -0.39 is 28.5 Å². The topological polar surface area (TPSA) is 86.8 Å². The van der Waals surface area contributed by atoms with Gasteiger partial charge in [0.1, 0.15) is 12.6 Å². The van der Waals surface area contributed by atoms with Crippen molar-refractivity contribution >= 4 is 39.1 Å². The average molecular weight is 584 g/mol. The highest BCUT2D eigenvalue weighted by Crippen LogP contribution is 2.25. The molecule has 0 saturated carbocycles. The highest BCUT2D eigenvalue weighted by molar-refractivity contribution is 7.92. The van der Waals surface area contributed by atoms with Crippen molar-refractivity contribution in [3.05, 3.63) is 100 Å². The highest BCUT2D eigenvalue weighted by Gasteiger charge is 2.33. The fraction of sp³-hybridized carbons (Fsp3) is 0.355. The first kappa shape index (κ1) is 31.2. The Morgan fingerprint density at radius 3 is 2.27 bits per heavy atom. The number of nitrogens with zero attached hydrogens (tertiary/aromatic N) is 2. The monoisotopic (exact) mass is 583 g/mol. The molecule has 1 atom stereocenters. The normalized spacial score (nSPS) is 12.0. The zero-order valence-electron chi connectivity index (χ0n) is 23.6.